The number of fused-ring (bicyclic) bond motifs is 5. The van der Waals surface area contributed by atoms with Crippen LogP contribution in [-0.4, -0.2) is 23.9 Å². The largest absolute Gasteiger partial charge is 0.277 e. The second-order valence-electron chi connectivity index (χ2n) is 11.6. The third-order valence-electron chi connectivity index (χ3n) is 8.97. The normalized spacial score (nSPS) is 12.0. The first kappa shape index (κ1) is 27.0. The number of hydrogen-bond acceptors (Lipinski definition) is 4. The molecule has 0 bridgehead atoms. The Hall–Kier alpha value is -6.40. The summed E-state index contributed by atoms with van der Waals surface area (Å²) in [7, 11) is 0. The molecule has 5 aromatic carbocycles. The molecule has 6 heteroatoms. The summed E-state index contributed by atoms with van der Waals surface area (Å²) >= 11 is 0. The zero-order chi connectivity index (χ0) is 31.6. The third kappa shape index (κ3) is 3.85. The van der Waals surface area contributed by atoms with E-state index in [1.54, 1.807) is 4.40 Å². The lowest BCUT2D eigenvalue weighted by Crippen LogP contribution is -2.14. The van der Waals surface area contributed by atoms with Gasteiger partial charge in [0, 0.05) is 38.2 Å². The standard InChI is InChI=1S/C41H27N5O/c1-3-15-34-27(4-2)31-24-33-38-35(28-20-11-12-21-29(28)40(47)46(38)39(42-33)26-18-9-6-10-19-26)37(31)45(34)41-43-32-23-14-13-22-30(32)36(44-41)25-16-7-5-8-17-25/h3-24H,2H2,1H3/b15-3-. The van der Waals surface area contributed by atoms with Crippen LogP contribution in [0.25, 0.3) is 89.7 Å². The van der Waals surface area contributed by atoms with Gasteiger partial charge >= 0.3 is 0 Å². The van der Waals surface area contributed by atoms with E-state index < -0.39 is 0 Å². The molecule has 9 rings (SSSR count). The van der Waals surface area contributed by atoms with Crippen molar-refractivity contribution in [3.8, 4) is 28.6 Å². The fourth-order valence-corrected chi connectivity index (χ4v) is 7.01. The van der Waals surface area contributed by atoms with Crippen LogP contribution < -0.4 is 5.56 Å². The van der Waals surface area contributed by atoms with Crippen LogP contribution in [0.2, 0.25) is 0 Å². The van der Waals surface area contributed by atoms with Crippen molar-refractivity contribution in [2.75, 3.05) is 0 Å². The monoisotopic (exact) mass is 605 g/mol. The third-order valence-corrected chi connectivity index (χ3v) is 8.97. The van der Waals surface area contributed by atoms with Crippen molar-refractivity contribution in [1.82, 2.24) is 23.9 Å². The highest BCUT2D eigenvalue weighted by Gasteiger charge is 2.27. The van der Waals surface area contributed by atoms with E-state index in [-0.39, 0.29) is 5.56 Å². The number of pyridine rings is 1. The maximum Gasteiger partial charge on any atom is 0.264 e. The Morgan fingerprint density at radius 1 is 0.660 bits per heavy atom. The maximum atomic E-state index is 14.3. The molecule has 0 spiro atoms. The fraction of sp³-hybridized carbons (Fsp3) is 0.0244. The van der Waals surface area contributed by atoms with Crippen molar-refractivity contribution in [2.24, 2.45) is 0 Å². The van der Waals surface area contributed by atoms with E-state index in [9.17, 15) is 4.79 Å². The molecule has 9 aromatic rings. The van der Waals surface area contributed by atoms with Gasteiger partial charge in [0.2, 0.25) is 5.95 Å². The highest BCUT2D eigenvalue weighted by molar-refractivity contribution is 6.25. The molecule has 0 amide bonds. The van der Waals surface area contributed by atoms with Crippen molar-refractivity contribution in [3.05, 3.63) is 150 Å². The number of nitrogens with zero attached hydrogens (tertiary/aromatic N) is 5. The summed E-state index contributed by atoms with van der Waals surface area (Å²) in [6.45, 7) is 6.26. The smallest absolute Gasteiger partial charge is 0.264 e. The Labute approximate surface area is 269 Å². The number of rotatable bonds is 5. The lowest BCUT2D eigenvalue weighted by molar-refractivity contribution is 0.975. The molecule has 6 nitrogen and oxygen atoms in total. The molecule has 0 unspecified atom stereocenters. The predicted molar refractivity (Wildman–Crippen MR) is 193 cm³/mol. The molecule has 0 saturated heterocycles. The van der Waals surface area contributed by atoms with Crippen molar-refractivity contribution >= 4 is 61.1 Å². The van der Waals surface area contributed by atoms with E-state index in [1.165, 1.54) is 0 Å². The summed E-state index contributed by atoms with van der Waals surface area (Å²) in [5.74, 6) is 1.15. The van der Waals surface area contributed by atoms with Crippen LogP contribution in [0.5, 0.6) is 0 Å². The van der Waals surface area contributed by atoms with Crippen molar-refractivity contribution in [2.45, 2.75) is 6.92 Å². The number of allylic oxidation sites excluding steroid dienone is 1. The van der Waals surface area contributed by atoms with Gasteiger partial charge in [-0.1, -0.05) is 116 Å². The SMILES string of the molecule is C=Cc1c(/C=C\C)n(-c2nc(-c3ccccc3)c3ccccc3n2)c2c1cc1nc(-c3ccccc3)n3c(=O)c4ccccc4c2c13. The van der Waals surface area contributed by atoms with Gasteiger partial charge in [-0.15, -0.1) is 0 Å². The van der Waals surface area contributed by atoms with Gasteiger partial charge in [-0.2, -0.15) is 0 Å². The topological polar surface area (TPSA) is 65.1 Å². The second kappa shape index (κ2) is 10.3. The first-order chi connectivity index (χ1) is 23.2. The van der Waals surface area contributed by atoms with Gasteiger partial charge in [0.25, 0.3) is 5.56 Å². The summed E-state index contributed by atoms with van der Waals surface area (Å²) in [6.07, 6.45) is 5.98. The van der Waals surface area contributed by atoms with Crippen LogP contribution in [0.1, 0.15) is 18.2 Å². The summed E-state index contributed by atoms with van der Waals surface area (Å²) in [5.41, 5.74) is 7.72. The molecular weight excluding hydrogens is 578 g/mol. The highest BCUT2D eigenvalue weighted by atomic mass is 16.1. The number of hydrogen-bond donors (Lipinski definition) is 0. The van der Waals surface area contributed by atoms with E-state index in [4.69, 9.17) is 15.0 Å². The molecule has 0 aliphatic heterocycles. The van der Waals surface area contributed by atoms with Crippen LogP contribution in [-0.2, 0) is 0 Å². The first-order valence-electron chi connectivity index (χ1n) is 15.6. The van der Waals surface area contributed by atoms with Gasteiger partial charge < -0.3 is 0 Å². The van der Waals surface area contributed by atoms with Crippen LogP contribution >= 0.6 is 0 Å². The molecule has 0 aliphatic carbocycles. The molecular formula is C41H27N5O. The lowest BCUT2D eigenvalue weighted by atomic mass is 10.0. The number of aromatic nitrogens is 5. The van der Waals surface area contributed by atoms with Crippen LogP contribution in [0, 0.1) is 0 Å². The highest BCUT2D eigenvalue weighted by Crippen LogP contribution is 2.42. The zero-order valence-corrected chi connectivity index (χ0v) is 25.6. The Bertz CT molecular complexity index is 2780. The molecule has 222 valence electrons. The van der Waals surface area contributed by atoms with Crippen LogP contribution in [0.15, 0.2) is 133 Å². The number of para-hydroxylation sites is 1. The van der Waals surface area contributed by atoms with Crippen molar-refractivity contribution in [3.63, 3.8) is 0 Å². The van der Waals surface area contributed by atoms with E-state index in [0.717, 1.165) is 71.7 Å². The average Bonchev–Trinajstić information content (AvgIpc) is 3.66. The molecule has 0 radical (unpaired) electrons. The van der Waals surface area contributed by atoms with E-state index in [0.29, 0.717) is 17.2 Å². The van der Waals surface area contributed by atoms with Crippen molar-refractivity contribution < 1.29 is 0 Å². The molecule has 0 aliphatic rings. The van der Waals surface area contributed by atoms with Gasteiger partial charge in [0.15, 0.2) is 0 Å². The number of benzene rings is 5. The Morgan fingerprint density at radius 3 is 2.04 bits per heavy atom. The zero-order valence-electron chi connectivity index (χ0n) is 25.6. The fourth-order valence-electron chi connectivity index (χ4n) is 7.01. The molecule has 0 atom stereocenters. The summed E-state index contributed by atoms with van der Waals surface area (Å²) in [5, 5.41) is 4.32. The molecule has 4 heterocycles. The minimum absolute atomic E-state index is 0.0992. The molecule has 0 fully saturated rings. The molecule has 47 heavy (non-hydrogen) atoms. The lowest BCUT2D eigenvalue weighted by Gasteiger charge is -2.14. The molecule has 4 aromatic heterocycles. The first-order valence-corrected chi connectivity index (χ1v) is 15.6. The molecule has 0 saturated carbocycles. The predicted octanol–water partition coefficient (Wildman–Crippen LogP) is 9.34. The summed E-state index contributed by atoms with van der Waals surface area (Å²) < 4.78 is 3.91. The Kier molecular flexibility index (Phi) is 5.92. The van der Waals surface area contributed by atoms with Crippen LogP contribution in [0.4, 0.5) is 0 Å². The minimum Gasteiger partial charge on any atom is -0.277 e. The number of imidazole rings is 1. The van der Waals surface area contributed by atoms with Crippen LogP contribution in [0.3, 0.4) is 0 Å². The summed E-state index contributed by atoms with van der Waals surface area (Å²) in [4.78, 5) is 29.9. The molecule has 0 N–H and O–H groups in total. The Balaban J connectivity index is 1.53. The van der Waals surface area contributed by atoms with Crippen molar-refractivity contribution in [1.29, 1.82) is 0 Å². The quantitative estimate of drug-likeness (QED) is 0.183. The maximum absolute atomic E-state index is 14.3. The van der Waals surface area contributed by atoms with E-state index >= 15 is 0 Å². The minimum atomic E-state index is -0.0992. The Morgan fingerprint density at radius 2 is 1.32 bits per heavy atom. The second-order valence-corrected chi connectivity index (χ2v) is 11.6. The van der Waals surface area contributed by atoms with Gasteiger partial charge in [-0.25, -0.2) is 15.0 Å². The van der Waals surface area contributed by atoms with E-state index in [2.05, 4.69) is 41.5 Å². The van der Waals surface area contributed by atoms with Gasteiger partial charge in [0.1, 0.15) is 5.82 Å². The van der Waals surface area contributed by atoms with E-state index in [1.807, 2.05) is 110 Å². The average molecular weight is 606 g/mol. The summed E-state index contributed by atoms with van der Waals surface area (Å²) in [6, 6.07) is 38.1. The van der Waals surface area contributed by atoms with Gasteiger partial charge in [-0.05, 0) is 36.6 Å². The van der Waals surface area contributed by atoms with Gasteiger partial charge in [0.05, 0.1) is 33.5 Å². The van der Waals surface area contributed by atoms with Gasteiger partial charge in [-0.3, -0.25) is 13.8 Å².